The van der Waals surface area contributed by atoms with Crippen LogP contribution in [0.1, 0.15) is 30.4 Å². The molecule has 1 nitrogen and oxygen atoms in total. The van der Waals surface area contributed by atoms with Crippen molar-refractivity contribution in [1.82, 2.24) is 4.90 Å². The van der Waals surface area contributed by atoms with E-state index in [0.717, 1.165) is 16.3 Å². The smallest absolute Gasteiger partial charge is 0.0394 e. The van der Waals surface area contributed by atoms with Crippen LogP contribution in [0.5, 0.6) is 0 Å². The number of fused-ring (bicyclic) bond motifs is 1. The van der Waals surface area contributed by atoms with E-state index in [1.807, 2.05) is 69.3 Å². The first-order valence-electron chi connectivity index (χ1n) is 9.06. The van der Waals surface area contributed by atoms with E-state index in [1.165, 1.54) is 4.90 Å². The predicted octanol–water partition coefficient (Wildman–Crippen LogP) is 4.88. The molecule has 0 aromatic heterocycles. The van der Waals surface area contributed by atoms with Gasteiger partial charge in [-0.1, -0.05) is 60.4 Å². The number of hydrogen-bond acceptors (Lipinski definition) is 1. The maximum Gasteiger partial charge on any atom is 0.0394 e. The van der Waals surface area contributed by atoms with Gasteiger partial charge in [0.25, 0.3) is 0 Å². The molecule has 0 atom stereocenters. The van der Waals surface area contributed by atoms with Crippen molar-refractivity contribution in [3.8, 4) is 11.8 Å². The van der Waals surface area contributed by atoms with Gasteiger partial charge >= 0.3 is 0 Å². The quantitative estimate of drug-likeness (QED) is 0.727. The minimum absolute atomic E-state index is 0.0585. The monoisotopic (exact) mass is 294 g/mol. The molecule has 0 bridgehead atoms. The van der Waals surface area contributed by atoms with Gasteiger partial charge in [-0.2, -0.15) is 0 Å². The van der Waals surface area contributed by atoms with Crippen LogP contribution in [-0.4, -0.2) is 18.4 Å². The second-order valence-electron chi connectivity index (χ2n) is 6.44. The van der Waals surface area contributed by atoms with E-state index in [4.69, 9.17) is 4.11 Å². The molecule has 2 aromatic rings. The van der Waals surface area contributed by atoms with Crippen LogP contribution in [0.3, 0.4) is 0 Å². The van der Waals surface area contributed by atoms with Crippen LogP contribution in [0, 0.1) is 17.3 Å². The van der Waals surface area contributed by atoms with Crippen molar-refractivity contribution < 1.29 is 4.11 Å². The highest BCUT2D eigenvalue weighted by atomic mass is 15.1. The molecule has 0 saturated heterocycles. The molecule has 2 aromatic carbocycles. The molecule has 0 aliphatic carbocycles. The van der Waals surface area contributed by atoms with E-state index in [2.05, 4.69) is 11.8 Å². The van der Waals surface area contributed by atoms with Crippen molar-refractivity contribution in [2.45, 2.75) is 27.3 Å². The fourth-order valence-corrected chi connectivity index (χ4v) is 2.20. The van der Waals surface area contributed by atoms with Crippen LogP contribution in [0.15, 0.2) is 54.6 Å². The van der Waals surface area contributed by atoms with Crippen molar-refractivity contribution in [1.29, 1.82) is 0 Å². The SMILES string of the molecule is [2H]C([2H])([2H])N(CC=CC#CC(C)(C)C)Cc1cccc2ccccc12. The van der Waals surface area contributed by atoms with Gasteiger partial charge in [0.15, 0.2) is 0 Å². The average Bonchev–Trinajstić information content (AvgIpc) is 2.51. The summed E-state index contributed by atoms with van der Waals surface area (Å²) in [5.74, 6) is 6.10. The van der Waals surface area contributed by atoms with E-state index in [9.17, 15) is 0 Å². The Morgan fingerprint density at radius 2 is 1.91 bits per heavy atom. The molecule has 0 aliphatic rings. The van der Waals surface area contributed by atoms with Crippen molar-refractivity contribution >= 4 is 10.8 Å². The summed E-state index contributed by atoms with van der Waals surface area (Å²) >= 11 is 0. The molecule has 1 heteroatoms. The zero-order valence-electron chi connectivity index (χ0n) is 16.6. The van der Waals surface area contributed by atoms with Crippen LogP contribution in [0.2, 0.25) is 0 Å². The van der Waals surface area contributed by atoms with Gasteiger partial charge in [-0.3, -0.25) is 4.90 Å². The number of likely N-dealkylation sites (N-methyl/N-ethyl adjacent to an activating group) is 1. The molecular weight excluding hydrogens is 266 g/mol. The molecule has 0 saturated carbocycles. The number of rotatable bonds is 4. The molecule has 114 valence electrons. The molecule has 0 unspecified atom stereocenters. The lowest BCUT2D eigenvalue weighted by Crippen LogP contribution is -2.17. The highest BCUT2D eigenvalue weighted by Gasteiger charge is 2.03. The Morgan fingerprint density at radius 3 is 2.68 bits per heavy atom. The number of benzene rings is 2. The Morgan fingerprint density at radius 1 is 1.14 bits per heavy atom. The second kappa shape index (κ2) is 7.29. The first kappa shape index (κ1) is 12.5. The minimum Gasteiger partial charge on any atom is -0.298 e. The molecular formula is C21H25N. The van der Waals surface area contributed by atoms with Gasteiger partial charge in [-0.15, -0.1) is 0 Å². The number of hydrogen-bond donors (Lipinski definition) is 0. The molecule has 0 aliphatic heterocycles. The summed E-state index contributed by atoms with van der Waals surface area (Å²) in [5.41, 5.74) is 0.959. The lowest BCUT2D eigenvalue weighted by molar-refractivity contribution is 0.365. The fourth-order valence-electron chi connectivity index (χ4n) is 2.20. The molecule has 0 heterocycles. The Balaban J connectivity index is 2.18. The zero-order chi connectivity index (χ0) is 18.5. The highest BCUT2D eigenvalue weighted by Crippen LogP contribution is 2.19. The topological polar surface area (TPSA) is 3.24 Å². The van der Waals surface area contributed by atoms with Crippen LogP contribution in [0.4, 0.5) is 0 Å². The van der Waals surface area contributed by atoms with Gasteiger partial charge in [0.2, 0.25) is 0 Å². The molecule has 0 amide bonds. The highest BCUT2D eigenvalue weighted by molar-refractivity contribution is 5.85. The minimum atomic E-state index is -2.15. The van der Waals surface area contributed by atoms with Crippen molar-refractivity contribution in [2.75, 3.05) is 13.5 Å². The van der Waals surface area contributed by atoms with E-state index in [-0.39, 0.29) is 5.41 Å². The second-order valence-corrected chi connectivity index (χ2v) is 6.44. The summed E-state index contributed by atoms with van der Waals surface area (Å²) in [6.07, 6.45) is 3.56. The summed E-state index contributed by atoms with van der Waals surface area (Å²) in [4.78, 5) is 1.49. The van der Waals surface area contributed by atoms with Gasteiger partial charge in [0.1, 0.15) is 0 Å². The fraction of sp³-hybridized carbons (Fsp3) is 0.333. The third kappa shape index (κ3) is 5.06. The first-order chi connectivity index (χ1) is 11.7. The summed E-state index contributed by atoms with van der Waals surface area (Å²) in [6, 6.07) is 14.1. The first-order valence-corrected chi connectivity index (χ1v) is 7.56. The largest absolute Gasteiger partial charge is 0.298 e. The predicted molar refractivity (Wildman–Crippen MR) is 96.7 cm³/mol. The number of allylic oxidation sites excluding steroid dienone is 1. The summed E-state index contributed by atoms with van der Waals surface area (Å²) in [7, 11) is 0. The molecule has 0 N–H and O–H groups in total. The average molecular weight is 294 g/mol. The van der Waals surface area contributed by atoms with E-state index in [0.29, 0.717) is 13.1 Å². The van der Waals surface area contributed by atoms with Gasteiger partial charge in [0, 0.05) is 22.6 Å². The third-order valence-electron chi connectivity index (χ3n) is 3.22. The molecule has 22 heavy (non-hydrogen) atoms. The molecule has 0 radical (unpaired) electrons. The maximum absolute atomic E-state index is 7.82. The Hall–Kier alpha value is -2.04. The number of nitrogens with zero attached hydrogens (tertiary/aromatic N) is 1. The van der Waals surface area contributed by atoms with Crippen molar-refractivity contribution in [2.24, 2.45) is 5.41 Å². The Bertz CT molecular complexity index is 796. The van der Waals surface area contributed by atoms with Crippen molar-refractivity contribution in [3.05, 3.63) is 60.2 Å². The van der Waals surface area contributed by atoms with E-state index in [1.54, 1.807) is 6.08 Å². The van der Waals surface area contributed by atoms with Crippen LogP contribution in [-0.2, 0) is 6.54 Å². The lowest BCUT2D eigenvalue weighted by atomic mass is 9.98. The molecule has 2 rings (SSSR count). The van der Waals surface area contributed by atoms with Gasteiger partial charge in [-0.05, 0) is 50.2 Å². The Labute approximate surface area is 138 Å². The Kier molecular flexibility index (Phi) is 4.14. The standard InChI is InChI=1S/C21H25N/c1-21(2,3)15-8-5-9-16-22(4)17-19-13-10-12-18-11-6-7-14-20(18)19/h5-7,9-14H,16-17H2,1-4H3/i4D3. The lowest BCUT2D eigenvalue weighted by Gasteiger charge is -2.15. The third-order valence-corrected chi connectivity index (χ3v) is 3.22. The van der Waals surface area contributed by atoms with E-state index < -0.39 is 6.98 Å². The zero-order valence-corrected chi connectivity index (χ0v) is 13.6. The molecule has 0 fully saturated rings. The van der Waals surface area contributed by atoms with Gasteiger partial charge in [-0.25, -0.2) is 0 Å². The van der Waals surface area contributed by atoms with Crippen LogP contribution in [0.25, 0.3) is 10.8 Å². The van der Waals surface area contributed by atoms with Crippen LogP contribution < -0.4 is 0 Å². The van der Waals surface area contributed by atoms with Gasteiger partial charge in [0.05, 0.1) is 0 Å². The summed E-state index contributed by atoms with van der Waals surface area (Å²) in [5, 5.41) is 2.22. The molecule has 0 spiro atoms. The summed E-state index contributed by atoms with van der Waals surface area (Å²) in [6.45, 7) is 4.68. The van der Waals surface area contributed by atoms with Crippen LogP contribution >= 0.6 is 0 Å². The van der Waals surface area contributed by atoms with Crippen molar-refractivity contribution in [3.63, 3.8) is 0 Å². The van der Waals surface area contributed by atoms with Gasteiger partial charge < -0.3 is 0 Å². The normalized spacial score (nSPS) is 14.5. The summed E-state index contributed by atoms with van der Waals surface area (Å²) < 4.78 is 23.4. The van der Waals surface area contributed by atoms with E-state index >= 15 is 0 Å². The maximum atomic E-state index is 7.82.